The van der Waals surface area contributed by atoms with Crippen LogP contribution >= 0.6 is 0 Å². The standard InChI is InChI=1S/C80H58N2O2/c1-78(2,3)53-31-39-59-62-42-38-58-48-71(62)80(68(59)45-53)69-46-54(79(4,5)67-44-43-66-64-22-13-15-26-74(64)84-77(66)75(67)82(58)56-35-29-52(30-36-56)50-19-10-7-11-20-50)32-40-60(69)61-41-37-57(47-70(61)80)81(55-33-27-51(28-34-55)49-17-8-6-9-18-49)72-24-16-23-65-63-21-12-14-25-73(63)83-76(65)72/h6-48H,1-5H3. The second-order valence-corrected chi connectivity index (χ2v) is 24.8. The summed E-state index contributed by atoms with van der Waals surface area (Å²) in [6, 6.07) is 97.0. The Morgan fingerprint density at radius 1 is 0.369 bits per heavy atom. The van der Waals surface area contributed by atoms with Crippen LogP contribution in [0.15, 0.2) is 270 Å². The molecule has 1 unspecified atom stereocenters. The molecule has 17 rings (SSSR count). The van der Waals surface area contributed by atoms with Crippen molar-refractivity contribution in [1.29, 1.82) is 0 Å². The highest BCUT2D eigenvalue weighted by Crippen LogP contribution is 2.66. The highest BCUT2D eigenvalue weighted by Gasteiger charge is 2.53. The number of anilines is 6. The number of nitrogens with zero attached hydrogens (tertiary/aromatic N) is 2. The van der Waals surface area contributed by atoms with Gasteiger partial charge in [-0.15, -0.1) is 0 Å². The number of furan rings is 2. The molecule has 84 heavy (non-hydrogen) atoms. The maximum Gasteiger partial charge on any atom is 0.159 e. The van der Waals surface area contributed by atoms with Gasteiger partial charge in [0.25, 0.3) is 0 Å². The van der Waals surface area contributed by atoms with Crippen molar-refractivity contribution in [2.24, 2.45) is 0 Å². The van der Waals surface area contributed by atoms with Crippen molar-refractivity contribution < 1.29 is 8.83 Å². The predicted octanol–water partition coefficient (Wildman–Crippen LogP) is 22.0. The highest BCUT2D eigenvalue weighted by molar-refractivity contribution is 6.13. The lowest BCUT2D eigenvalue weighted by Crippen LogP contribution is -2.28. The summed E-state index contributed by atoms with van der Waals surface area (Å²) >= 11 is 0. The van der Waals surface area contributed by atoms with Crippen molar-refractivity contribution in [3.05, 3.63) is 300 Å². The summed E-state index contributed by atoms with van der Waals surface area (Å²) in [5, 5.41) is 4.38. The van der Waals surface area contributed by atoms with Gasteiger partial charge in [0.1, 0.15) is 11.2 Å². The van der Waals surface area contributed by atoms with Gasteiger partial charge < -0.3 is 18.6 Å². The number of benzene rings is 12. The predicted molar refractivity (Wildman–Crippen MR) is 348 cm³/mol. The van der Waals surface area contributed by atoms with Gasteiger partial charge in [0, 0.05) is 49.7 Å². The molecule has 2 aromatic heterocycles. The zero-order valence-electron chi connectivity index (χ0n) is 47.5. The Morgan fingerprint density at radius 2 is 0.869 bits per heavy atom. The lowest BCUT2D eigenvalue weighted by atomic mass is 9.68. The fourth-order valence-electron chi connectivity index (χ4n) is 14.6. The highest BCUT2D eigenvalue weighted by atomic mass is 16.3. The van der Waals surface area contributed by atoms with Gasteiger partial charge in [0.2, 0.25) is 0 Å². The van der Waals surface area contributed by atoms with Crippen LogP contribution in [0.1, 0.15) is 73.6 Å². The van der Waals surface area contributed by atoms with Gasteiger partial charge in [0.05, 0.1) is 16.8 Å². The molecule has 0 radical (unpaired) electrons. The first-order valence-electron chi connectivity index (χ1n) is 29.4. The SMILES string of the molecule is CC(C)(C)c1ccc2c(c1)C13c4cc(N(c5ccc(-c6ccccc6)cc5)c5cccc6c5oc5ccccc56)ccc4-c4ccc(cc41)C(C)(C)c1ccc4c(oc5ccccc54)c1N(c1ccc(-c4ccccc4)cc1)c1ccc-2c3c1. The molecular formula is C80H58N2O2. The van der Waals surface area contributed by atoms with Crippen LogP contribution in [0, 0.1) is 0 Å². The third kappa shape index (κ3) is 6.88. The number of fused-ring (bicyclic) bond motifs is 14. The molecule has 3 aliphatic rings. The molecule has 14 aromatic rings. The van der Waals surface area contributed by atoms with Crippen LogP contribution in [0.5, 0.6) is 0 Å². The summed E-state index contributed by atoms with van der Waals surface area (Å²) in [6.07, 6.45) is 0. The quantitative estimate of drug-likeness (QED) is 0.166. The normalized spacial score (nSPS) is 15.3. The molecule has 0 fully saturated rings. The Balaban J connectivity index is 0.969. The van der Waals surface area contributed by atoms with Crippen LogP contribution in [-0.4, -0.2) is 0 Å². The first-order valence-corrected chi connectivity index (χ1v) is 29.4. The summed E-state index contributed by atoms with van der Waals surface area (Å²) in [5.41, 5.74) is 26.8. The molecular weight excluding hydrogens is 1020 g/mol. The first kappa shape index (κ1) is 48.5. The van der Waals surface area contributed by atoms with Crippen LogP contribution in [-0.2, 0) is 16.2 Å². The first-order chi connectivity index (χ1) is 41.0. The number of hydrogen-bond donors (Lipinski definition) is 0. The Bertz CT molecular complexity index is 5020. The van der Waals surface area contributed by atoms with Gasteiger partial charge in [-0.3, -0.25) is 0 Å². The van der Waals surface area contributed by atoms with E-state index in [0.29, 0.717) is 0 Å². The molecule has 0 saturated heterocycles. The molecule has 2 aliphatic carbocycles. The average Bonchev–Trinajstić information content (AvgIpc) is 1.58. The minimum atomic E-state index is -0.739. The maximum atomic E-state index is 7.19. The summed E-state index contributed by atoms with van der Waals surface area (Å²) in [7, 11) is 0. The molecule has 0 amide bonds. The van der Waals surface area contributed by atoms with Crippen LogP contribution in [0.4, 0.5) is 34.1 Å². The van der Waals surface area contributed by atoms with Gasteiger partial charge >= 0.3 is 0 Å². The lowest BCUT2D eigenvalue weighted by molar-refractivity contribution is 0.588. The smallest absolute Gasteiger partial charge is 0.159 e. The van der Waals surface area contributed by atoms with E-state index >= 15 is 0 Å². The maximum absolute atomic E-state index is 7.19. The van der Waals surface area contributed by atoms with Crippen molar-refractivity contribution in [3.63, 3.8) is 0 Å². The van der Waals surface area contributed by atoms with Crippen LogP contribution in [0.3, 0.4) is 0 Å². The summed E-state index contributed by atoms with van der Waals surface area (Å²) in [4.78, 5) is 4.93. The molecule has 3 heterocycles. The van der Waals surface area contributed by atoms with Crippen molar-refractivity contribution >= 4 is 78.0 Å². The third-order valence-corrected chi connectivity index (χ3v) is 18.9. The second-order valence-electron chi connectivity index (χ2n) is 24.8. The van der Waals surface area contributed by atoms with Crippen molar-refractivity contribution in [1.82, 2.24) is 0 Å². The van der Waals surface area contributed by atoms with Crippen LogP contribution in [0.25, 0.3) is 88.4 Å². The Labute approximate surface area is 489 Å². The Hall–Kier alpha value is -10.2. The van der Waals surface area contributed by atoms with Crippen molar-refractivity contribution in [2.45, 2.75) is 50.9 Å². The molecule has 4 heteroatoms. The van der Waals surface area contributed by atoms with E-state index in [2.05, 4.69) is 305 Å². The Morgan fingerprint density at radius 3 is 1.54 bits per heavy atom. The van der Waals surface area contributed by atoms with E-state index < -0.39 is 10.8 Å². The average molecular weight is 1080 g/mol. The fourth-order valence-corrected chi connectivity index (χ4v) is 14.6. The molecule has 12 aromatic carbocycles. The summed E-state index contributed by atoms with van der Waals surface area (Å²) in [5.74, 6) is 0. The molecule has 1 aliphatic heterocycles. The summed E-state index contributed by atoms with van der Waals surface area (Å²) < 4.78 is 14.1. The van der Waals surface area contributed by atoms with E-state index in [9.17, 15) is 0 Å². The third-order valence-electron chi connectivity index (χ3n) is 18.9. The lowest BCUT2D eigenvalue weighted by Gasteiger charge is -2.34. The molecule has 0 saturated carbocycles. The molecule has 0 N–H and O–H groups in total. The van der Waals surface area contributed by atoms with E-state index in [1.165, 1.54) is 72.3 Å². The molecule has 1 spiro atoms. The molecule has 400 valence electrons. The van der Waals surface area contributed by atoms with Crippen LogP contribution < -0.4 is 9.80 Å². The van der Waals surface area contributed by atoms with E-state index in [1.807, 2.05) is 0 Å². The van der Waals surface area contributed by atoms with Gasteiger partial charge in [-0.05, 0) is 156 Å². The van der Waals surface area contributed by atoms with Gasteiger partial charge in [-0.2, -0.15) is 0 Å². The van der Waals surface area contributed by atoms with Crippen molar-refractivity contribution in [2.75, 3.05) is 9.80 Å². The Kier molecular flexibility index (Phi) is 10.2. The monoisotopic (exact) mass is 1080 g/mol. The molecule has 1 atom stereocenters. The number of para-hydroxylation sites is 3. The number of hydrogen-bond acceptors (Lipinski definition) is 4. The second kappa shape index (κ2) is 17.7. The molecule has 4 bridgehead atoms. The minimum absolute atomic E-state index is 0.120. The minimum Gasteiger partial charge on any atom is -0.454 e. The summed E-state index contributed by atoms with van der Waals surface area (Å²) in [6.45, 7) is 11.8. The fraction of sp³-hybridized carbons (Fsp3) is 0.100. The van der Waals surface area contributed by atoms with Gasteiger partial charge in [0.15, 0.2) is 11.2 Å². The zero-order chi connectivity index (χ0) is 56.2. The van der Waals surface area contributed by atoms with Crippen LogP contribution in [0.2, 0.25) is 0 Å². The molecule has 4 nitrogen and oxygen atoms in total. The number of rotatable bonds is 6. The zero-order valence-corrected chi connectivity index (χ0v) is 47.5. The topological polar surface area (TPSA) is 32.8 Å². The van der Waals surface area contributed by atoms with E-state index in [-0.39, 0.29) is 5.41 Å². The van der Waals surface area contributed by atoms with E-state index in [0.717, 1.165) is 89.1 Å². The largest absolute Gasteiger partial charge is 0.454 e. The van der Waals surface area contributed by atoms with E-state index in [4.69, 9.17) is 8.83 Å². The van der Waals surface area contributed by atoms with E-state index in [1.54, 1.807) is 0 Å². The van der Waals surface area contributed by atoms with Crippen molar-refractivity contribution in [3.8, 4) is 44.5 Å². The van der Waals surface area contributed by atoms with Gasteiger partial charge in [-0.25, -0.2) is 0 Å². The van der Waals surface area contributed by atoms with Gasteiger partial charge in [-0.1, -0.05) is 229 Å².